The summed E-state index contributed by atoms with van der Waals surface area (Å²) in [6, 6.07) is 71.7. The molecule has 0 saturated heterocycles. The lowest BCUT2D eigenvalue weighted by Gasteiger charge is -2.34. The molecule has 11 rings (SSSR count). The number of para-hydroxylation sites is 1. The van der Waals surface area contributed by atoms with Crippen molar-refractivity contribution in [3.63, 3.8) is 0 Å². The molecule has 0 saturated carbocycles. The first kappa shape index (κ1) is 32.8. The molecule has 57 heavy (non-hydrogen) atoms. The Morgan fingerprint density at radius 3 is 1.54 bits per heavy atom. The first-order valence-electron chi connectivity index (χ1n) is 19.2. The number of hydrogen-bond acceptors (Lipinski definition) is 4. The zero-order chi connectivity index (χ0) is 37.8. The minimum atomic E-state index is -0.548. The van der Waals surface area contributed by atoms with Gasteiger partial charge in [0, 0.05) is 27.8 Å². The van der Waals surface area contributed by atoms with Crippen molar-refractivity contribution in [1.82, 2.24) is 9.97 Å². The van der Waals surface area contributed by atoms with Gasteiger partial charge in [-0.1, -0.05) is 182 Å². The minimum Gasteiger partial charge on any atom is -0.449 e. The second-order valence-electron chi connectivity index (χ2n) is 14.5. The Bertz CT molecular complexity index is 2850. The van der Waals surface area contributed by atoms with E-state index in [4.69, 9.17) is 19.4 Å². The lowest BCUT2D eigenvalue weighted by molar-refractivity contribution is 0.361. The van der Waals surface area contributed by atoms with Crippen LogP contribution in [-0.2, 0) is 5.41 Å². The number of nitrogens with zero attached hydrogens (tertiary/aromatic N) is 2. The first-order chi connectivity index (χ1) is 28.3. The van der Waals surface area contributed by atoms with Crippen LogP contribution in [0, 0.1) is 0 Å². The Kier molecular flexibility index (Phi) is 7.68. The molecule has 0 radical (unpaired) electrons. The van der Waals surface area contributed by atoms with Crippen molar-refractivity contribution in [2.75, 3.05) is 0 Å². The SMILES string of the molecule is c1ccc(-c2cc(-c3ccccc3)nc(-c3cccc(-c4cccc5c4Oc4c(ccc6c4-c4ccccc4C6(c4ccccc4)c4ccccc4)O5)c3)n2)cc1. The zero-order valence-electron chi connectivity index (χ0n) is 30.8. The highest BCUT2D eigenvalue weighted by Gasteiger charge is 2.48. The average Bonchev–Trinajstić information content (AvgIpc) is 3.61. The summed E-state index contributed by atoms with van der Waals surface area (Å²) in [7, 11) is 0. The third kappa shape index (κ3) is 5.30. The highest BCUT2D eigenvalue weighted by atomic mass is 16.6. The average molecular weight is 731 g/mol. The summed E-state index contributed by atoms with van der Waals surface area (Å²) in [4.78, 5) is 10.2. The molecule has 268 valence electrons. The number of fused-ring (bicyclic) bond motifs is 6. The van der Waals surface area contributed by atoms with Crippen molar-refractivity contribution in [2.24, 2.45) is 0 Å². The maximum atomic E-state index is 7.17. The summed E-state index contributed by atoms with van der Waals surface area (Å²) >= 11 is 0. The van der Waals surface area contributed by atoms with Crippen LogP contribution in [-0.4, -0.2) is 9.97 Å². The molecule has 0 spiro atoms. The van der Waals surface area contributed by atoms with Gasteiger partial charge in [-0.05, 0) is 57.6 Å². The van der Waals surface area contributed by atoms with Crippen LogP contribution < -0.4 is 9.47 Å². The fourth-order valence-corrected chi connectivity index (χ4v) is 8.73. The molecule has 8 aromatic carbocycles. The van der Waals surface area contributed by atoms with Crippen LogP contribution in [0.3, 0.4) is 0 Å². The molecule has 9 aromatic rings. The zero-order valence-corrected chi connectivity index (χ0v) is 30.8. The second-order valence-corrected chi connectivity index (χ2v) is 14.5. The number of hydrogen-bond donors (Lipinski definition) is 0. The molecule has 2 heterocycles. The van der Waals surface area contributed by atoms with E-state index in [0.717, 1.165) is 61.6 Å². The molecule has 0 unspecified atom stereocenters. The van der Waals surface area contributed by atoms with Gasteiger partial charge in [-0.2, -0.15) is 0 Å². The summed E-state index contributed by atoms with van der Waals surface area (Å²) in [5.41, 5.74) is 13.0. The van der Waals surface area contributed by atoms with Gasteiger partial charge in [-0.3, -0.25) is 0 Å². The molecular formula is C53H34N2O2. The van der Waals surface area contributed by atoms with Crippen LogP contribution in [0.25, 0.3) is 56.2 Å². The van der Waals surface area contributed by atoms with Crippen molar-refractivity contribution in [2.45, 2.75) is 5.41 Å². The molecule has 1 aromatic heterocycles. The normalized spacial score (nSPS) is 13.0. The lowest BCUT2D eigenvalue weighted by Crippen LogP contribution is -2.28. The van der Waals surface area contributed by atoms with Gasteiger partial charge in [0.15, 0.2) is 28.8 Å². The summed E-state index contributed by atoms with van der Waals surface area (Å²) in [5, 5.41) is 0. The Balaban J connectivity index is 1.05. The second kappa shape index (κ2) is 13.3. The molecular weight excluding hydrogens is 697 g/mol. The third-order valence-electron chi connectivity index (χ3n) is 11.2. The molecule has 0 N–H and O–H groups in total. The van der Waals surface area contributed by atoms with E-state index in [1.165, 1.54) is 16.7 Å². The highest BCUT2D eigenvalue weighted by Crippen LogP contribution is 2.62. The van der Waals surface area contributed by atoms with Crippen molar-refractivity contribution in [3.8, 4) is 79.2 Å². The molecule has 0 amide bonds. The first-order valence-corrected chi connectivity index (χ1v) is 19.2. The Hall–Kier alpha value is -7.56. The smallest absolute Gasteiger partial charge is 0.178 e. The largest absolute Gasteiger partial charge is 0.449 e. The lowest BCUT2D eigenvalue weighted by atomic mass is 9.68. The minimum absolute atomic E-state index is 0.548. The van der Waals surface area contributed by atoms with Gasteiger partial charge in [-0.25, -0.2) is 9.97 Å². The van der Waals surface area contributed by atoms with E-state index in [0.29, 0.717) is 23.1 Å². The predicted molar refractivity (Wildman–Crippen MR) is 228 cm³/mol. The third-order valence-corrected chi connectivity index (χ3v) is 11.2. The monoisotopic (exact) mass is 730 g/mol. The molecule has 0 atom stereocenters. The quantitative estimate of drug-likeness (QED) is 0.171. The number of aromatic nitrogens is 2. The van der Waals surface area contributed by atoms with Crippen LogP contribution in [0.4, 0.5) is 0 Å². The maximum Gasteiger partial charge on any atom is 0.178 e. The van der Waals surface area contributed by atoms with E-state index in [9.17, 15) is 0 Å². The van der Waals surface area contributed by atoms with Crippen molar-refractivity contribution >= 4 is 0 Å². The number of rotatable bonds is 6. The fourth-order valence-electron chi connectivity index (χ4n) is 8.73. The van der Waals surface area contributed by atoms with Gasteiger partial charge >= 0.3 is 0 Å². The van der Waals surface area contributed by atoms with E-state index < -0.39 is 5.41 Å². The molecule has 4 heteroatoms. The standard InChI is InChI=1S/C53H34N2O2/c1-5-17-35(18-6-1)45-34-46(36-19-7-2-8-20-36)55-52(54-45)38-22-15-21-37(33-38)41-28-16-30-47-50(41)57-51-48(56-47)32-31-44-49(51)42-27-13-14-29-43(42)53(44,39-23-9-3-10-24-39)40-25-11-4-12-26-40/h1-34H. The van der Waals surface area contributed by atoms with Crippen LogP contribution >= 0.6 is 0 Å². The van der Waals surface area contributed by atoms with Crippen molar-refractivity contribution in [1.29, 1.82) is 0 Å². The van der Waals surface area contributed by atoms with Crippen LogP contribution in [0.1, 0.15) is 22.3 Å². The van der Waals surface area contributed by atoms with E-state index in [-0.39, 0.29) is 0 Å². The van der Waals surface area contributed by atoms with Crippen molar-refractivity contribution in [3.05, 3.63) is 229 Å². The predicted octanol–water partition coefficient (Wildman–Crippen LogP) is 13.4. The Labute approximate surface area is 331 Å². The van der Waals surface area contributed by atoms with E-state index in [1.807, 2.05) is 48.5 Å². The molecule has 4 nitrogen and oxygen atoms in total. The fraction of sp³-hybridized carbons (Fsp3) is 0.0189. The number of benzene rings is 8. The molecule has 0 bridgehead atoms. The van der Waals surface area contributed by atoms with Gasteiger partial charge < -0.3 is 9.47 Å². The Morgan fingerprint density at radius 1 is 0.351 bits per heavy atom. The van der Waals surface area contributed by atoms with Gasteiger partial charge in [0.05, 0.1) is 16.8 Å². The van der Waals surface area contributed by atoms with Crippen LogP contribution in [0.5, 0.6) is 23.0 Å². The maximum absolute atomic E-state index is 7.17. The van der Waals surface area contributed by atoms with Gasteiger partial charge in [0.25, 0.3) is 0 Å². The topological polar surface area (TPSA) is 44.2 Å². The molecule has 2 aliphatic rings. The number of ether oxygens (including phenoxy) is 2. The molecule has 1 aliphatic heterocycles. The summed E-state index contributed by atoms with van der Waals surface area (Å²) in [6.07, 6.45) is 0. The van der Waals surface area contributed by atoms with Gasteiger partial charge in [0.1, 0.15) is 0 Å². The van der Waals surface area contributed by atoms with Gasteiger partial charge in [0.2, 0.25) is 0 Å². The van der Waals surface area contributed by atoms with Crippen molar-refractivity contribution < 1.29 is 9.47 Å². The van der Waals surface area contributed by atoms with Crippen LogP contribution in [0.2, 0.25) is 0 Å². The Morgan fingerprint density at radius 2 is 0.877 bits per heavy atom. The van der Waals surface area contributed by atoms with E-state index >= 15 is 0 Å². The summed E-state index contributed by atoms with van der Waals surface area (Å²) in [5.74, 6) is 3.41. The summed E-state index contributed by atoms with van der Waals surface area (Å²) < 4.78 is 13.9. The summed E-state index contributed by atoms with van der Waals surface area (Å²) in [6.45, 7) is 0. The van der Waals surface area contributed by atoms with E-state index in [2.05, 4.69) is 158 Å². The molecule has 1 aliphatic carbocycles. The van der Waals surface area contributed by atoms with Gasteiger partial charge in [-0.15, -0.1) is 0 Å². The highest BCUT2D eigenvalue weighted by molar-refractivity contribution is 5.92. The van der Waals surface area contributed by atoms with E-state index in [1.54, 1.807) is 0 Å². The molecule has 0 fully saturated rings. The van der Waals surface area contributed by atoms with Crippen LogP contribution in [0.15, 0.2) is 206 Å².